The fourth-order valence-electron chi connectivity index (χ4n) is 3.01. The molecule has 0 radical (unpaired) electrons. The number of carboxylic acids is 1. The van der Waals surface area contributed by atoms with Crippen LogP contribution in [-0.2, 0) is 9.59 Å². The number of carbonyl (C=O) groups excluding carboxylic acids is 1. The quantitative estimate of drug-likeness (QED) is 0.729. The molecule has 26 heavy (non-hydrogen) atoms. The minimum Gasteiger partial charge on any atom is -0.493 e. The molecule has 144 valence electrons. The number of carboxylic acid groups (broad SMARTS) is 1. The van der Waals surface area contributed by atoms with Crippen molar-refractivity contribution in [3.05, 3.63) is 24.3 Å². The number of hydrogen-bond acceptors (Lipinski definition) is 4. The lowest BCUT2D eigenvalue weighted by atomic mass is 9.93. The third kappa shape index (κ3) is 6.94. The maximum absolute atomic E-state index is 12.4. The van der Waals surface area contributed by atoms with E-state index in [1.807, 2.05) is 12.1 Å². The van der Waals surface area contributed by atoms with Gasteiger partial charge >= 0.3 is 5.97 Å². The summed E-state index contributed by atoms with van der Waals surface area (Å²) in [5, 5.41) is 8.81. The number of likely N-dealkylation sites (tertiary alicyclic amines) is 1. The molecule has 6 nitrogen and oxygen atoms in total. The fraction of sp³-hybridized carbons (Fsp3) is 0.600. The van der Waals surface area contributed by atoms with Gasteiger partial charge in [-0.2, -0.15) is 0 Å². The summed E-state index contributed by atoms with van der Waals surface area (Å²) < 4.78 is 11.3. The van der Waals surface area contributed by atoms with E-state index >= 15 is 0 Å². The van der Waals surface area contributed by atoms with Crippen molar-refractivity contribution in [3.63, 3.8) is 0 Å². The molecular formula is C20H29NO5. The first-order valence-corrected chi connectivity index (χ1v) is 9.29. The number of rotatable bonds is 9. The molecule has 2 rings (SSSR count). The Morgan fingerprint density at radius 1 is 1.27 bits per heavy atom. The number of ether oxygens (including phenoxy) is 2. The van der Waals surface area contributed by atoms with Crippen LogP contribution in [0.15, 0.2) is 24.3 Å². The number of piperidine rings is 1. The summed E-state index contributed by atoms with van der Waals surface area (Å²) >= 11 is 0. The smallest absolute Gasteiger partial charge is 0.303 e. The molecule has 0 bridgehead atoms. The van der Waals surface area contributed by atoms with Crippen LogP contribution in [0.25, 0.3) is 0 Å². The third-order valence-electron chi connectivity index (χ3n) is 4.39. The van der Waals surface area contributed by atoms with Gasteiger partial charge in [-0.3, -0.25) is 9.59 Å². The number of hydrogen-bond donors (Lipinski definition) is 1. The van der Waals surface area contributed by atoms with E-state index in [9.17, 15) is 9.59 Å². The van der Waals surface area contributed by atoms with Gasteiger partial charge in [0.25, 0.3) is 5.91 Å². The van der Waals surface area contributed by atoms with Crippen molar-refractivity contribution in [2.45, 2.75) is 39.5 Å². The van der Waals surface area contributed by atoms with E-state index in [0.717, 1.165) is 18.6 Å². The summed E-state index contributed by atoms with van der Waals surface area (Å²) in [7, 11) is 0. The molecule has 0 spiro atoms. The van der Waals surface area contributed by atoms with Gasteiger partial charge in [-0.25, -0.2) is 0 Å². The van der Waals surface area contributed by atoms with Crippen LogP contribution >= 0.6 is 0 Å². The van der Waals surface area contributed by atoms with Gasteiger partial charge in [0.15, 0.2) is 6.61 Å². The topological polar surface area (TPSA) is 76.1 Å². The molecule has 1 amide bonds. The molecular weight excluding hydrogens is 334 g/mol. The molecule has 1 N–H and O–H groups in total. The van der Waals surface area contributed by atoms with Crippen molar-refractivity contribution in [2.75, 3.05) is 26.3 Å². The average Bonchev–Trinajstić information content (AvgIpc) is 2.63. The highest BCUT2D eigenvalue weighted by Gasteiger charge is 2.24. The van der Waals surface area contributed by atoms with E-state index < -0.39 is 5.97 Å². The number of nitrogens with zero attached hydrogens (tertiary/aromatic N) is 1. The Balaban J connectivity index is 1.80. The molecule has 1 atom stereocenters. The van der Waals surface area contributed by atoms with Crippen LogP contribution in [-0.4, -0.2) is 48.2 Å². The Hall–Kier alpha value is -2.24. The molecule has 1 aliphatic rings. The minimum absolute atomic E-state index is 0.0146. The molecule has 0 saturated carbocycles. The van der Waals surface area contributed by atoms with E-state index in [2.05, 4.69) is 13.8 Å². The molecule has 1 fully saturated rings. The second kappa shape index (κ2) is 10.0. The van der Waals surface area contributed by atoms with Crippen molar-refractivity contribution in [3.8, 4) is 11.5 Å². The van der Waals surface area contributed by atoms with Crippen molar-refractivity contribution < 1.29 is 24.2 Å². The zero-order chi connectivity index (χ0) is 18.9. The molecule has 1 heterocycles. The first kappa shape index (κ1) is 20.1. The molecule has 0 aromatic heterocycles. The lowest BCUT2D eigenvalue weighted by Crippen LogP contribution is -2.42. The maximum Gasteiger partial charge on any atom is 0.303 e. The van der Waals surface area contributed by atoms with Gasteiger partial charge in [0, 0.05) is 25.6 Å². The SMILES string of the molecule is CC(C)COc1cccc(OCC(=O)N2CCCC(CCC(=O)O)C2)c1. The summed E-state index contributed by atoms with van der Waals surface area (Å²) in [4.78, 5) is 24.9. The van der Waals surface area contributed by atoms with Crippen molar-refractivity contribution in [1.29, 1.82) is 0 Å². The van der Waals surface area contributed by atoms with Crippen molar-refractivity contribution in [1.82, 2.24) is 4.90 Å². The zero-order valence-corrected chi connectivity index (χ0v) is 15.6. The summed E-state index contributed by atoms with van der Waals surface area (Å²) in [6, 6.07) is 7.32. The van der Waals surface area contributed by atoms with Gasteiger partial charge in [-0.05, 0) is 43.2 Å². The maximum atomic E-state index is 12.4. The Morgan fingerprint density at radius 2 is 2.00 bits per heavy atom. The first-order valence-electron chi connectivity index (χ1n) is 9.29. The summed E-state index contributed by atoms with van der Waals surface area (Å²) in [6.07, 6.45) is 2.67. The highest BCUT2D eigenvalue weighted by molar-refractivity contribution is 5.78. The van der Waals surface area contributed by atoms with Crippen LogP contribution in [0.5, 0.6) is 11.5 Å². The van der Waals surface area contributed by atoms with E-state index in [4.69, 9.17) is 14.6 Å². The number of aliphatic carboxylic acids is 1. The summed E-state index contributed by atoms with van der Waals surface area (Å²) in [5.74, 6) is 1.20. The lowest BCUT2D eigenvalue weighted by Gasteiger charge is -2.32. The highest BCUT2D eigenvalue weighted by Crippen LogP contribution is 2.22. The van der Waals surface area contributed by atoms with Crippen LogP contribution in [0.2, 0.25) is 0 Å². The fourth-order valence-corrected chi connectivity index (χ4v) is 3.01. The van der Waals surface area contributed by atoms with Gasteiger partial charge in [-0.15, -0.1) is 0 Å². The minimum atomic E-state index is -0.781. The van der Waals surface area contributed by atoms with Gasteiger partial charge < -0.3 is 19.5 Å². The van der Waals surface area contributed by atoms with E-state index in [-0.39, 0.29) is 24.9 Å². The van der Waals surface area contributed by atoms with Crippen molar-refractivity contribution >= 4 is 11.9 Å². The molecule has 0 aliphatic carbocycles. The van der Waals surface area contributed by atoms with Gasteiger partial charge in [0.2, 0.25) is 0 Å². The first-order chi connectivity index (χ1) is 12.4. The number of carbonyl (C=O) groups is 2. The third-order valence-corrected chi connectivity index (χ3v) is 4.39. The number of benzene rings is 1. The Morgan fingerprint density at radius 3 is 2.69 bits per heavy atom. The van der Waals surface area contributed by atoms with E-state index in [1.54, 1.807) is 17.0 Å². The van der Waals surface area contributed by atoms with E-state index in [0.29, 0.717) is 37.8 Å². The molecule has 1 aromatic carbocycles. The average molecular weight is 363 g/mol. The summed E-state index contributed by atoms with van der Waals surface area (Å²) in [6.45, 7) is 6.12. The van der Waals surface area contributed by atoms with Crippen LogP contribution in [0, 0.1) is 11.8 Å². The second-order valence-electron chi connectivity index (χ2n) is 7.25. The highest BCUT2D eigenvalue weighted by atomic mass is 16.5. The van der Waals surface area contributed by atoms with Gasteiger partial charge in [-0.1, -0.05) is 19.9 Å². The Labute approximate surface area is 155 Å². The predicted octanol–water partition coefficient (Wildman–Crippen LogP) is 3.20. The zero-order valence-electron chi connectivity index (χ0n) is 15.6. The predicted molar refractivity (Wildman–Crippen MR) is 98.4 cm³/mol. The second-order valence-corrected chi connectivity index (χ2v) is 7.25. The molecule has 1 unspecified atom stereocenters. The van der Waals surface area contributed by atoms with Gasteiger partial charge in [0.05, 0.1) is 6.61 Å². The molecule has 1 aliphatic heterocycles. The lowest BCUT2D eigenvalue weighted by molar-refractivity contribution is -0.137. The van der Waals surface area contributed by atoms with Crippen LogP contribution in [0.3, 0.4) is 0 Å². The van der Waals surface area contributed by atoms with Crippen LogP contribution in [0.1, 0.15) is 39.5 Å². The van der Waals surface area contributed by atoms with Crippen LogP contribution in [0.4, 0.5) is 0 Å². The van der Waals surface area contributed by atoms with Crippen molar-refractivity contribution in [2.24, 2.45) is 11.8 Å². The monoisotopic (exact) mass is 363 g/mol. The summed E-state index contributed by atoms with van der Waals surface area (Å²) in [5.41, 5.74) is 0. The Kier molecular flexibility index (Phi) is 7.75. The molecule has 1 saturated heterocycles. The largest absolute Gasteiger partial charge is 0.493 e. The standard InChI is InChI=1S/C20H29NO5/c1-15(2)13-25-17-6-3-7-18(11-17)26-14-19(22)21-10-4-5-16(12-21)8-9-20(23)24/h3,6-7,11,15-16H,4-5,8-10,12-14H2,1-2H3,(H,23,24). The normalized spacial score (nSPS) is 17.2. The number of amides is 1. The molecule has 6 heteroatoms. The molecule has 1 aromatic rings. The Bertz CT molecular complexity index is 602. The van der Waals surface area contributed by atoms with Crippen LogP contribution < -0.4 is 9.47 Å². The van der Waals surface area contributed by atoms with E-state index in [1.165, 1.54) is 0 Å². The van der Waals surface area contributed by atoms with Gasteiger partial charge in [0.1, 0.15) is 11.5 Å².